The highest BCUT2D eigenvalue weighted by Gasteiger charge is 2.54. The summed E-state index contributed by atoms with van der Waals surface area (Å²) in [6.45, 7) is 0.162. The van der Waals surface area contributed by atoms with Gasteiger partial charge in [-0.2, -0.15) is 18.6 Å². The van der Waals surface area contributed by atoms with Gasteiger partial charge >= 0.3 is 23.5 Å². The highest BCUT2D eigenvalue weighted by Crippen LogP contribution is 2.66. The third-order valence-electron chi connectivity index (χ3n) is 5.20. The molecule has 1 fully saturated rings. The van der Waals surface area contributed by atoms with Crippen molar-refractivity contribution in [2.24, 2.45) is 0 Å². The second-order valence-electron chi connectivity index (χ2n) is 8.03. The Morgan fingerprint density at radius 3 is 2.49 bits per heavy atom. The summed E-state index contributed by atoms with van der Waals surface area (Å²) in [5.41, 5.74) is 4.17. The highest BCUT2D eigenvalue weighted by atomic mass is 31.3. The molecule has 0 aliphatic carbocycles. The molecule has 2 aliphatic heterocycles. The van der Waals surface area contributed by atoms with Gasteiger partial charge in [-0.25, -0.2) is 13.7 Å². The molecule has 2 aromatic heterocycles. The molecule has 0 bridgehead atoms. The van der Waals surface area contributed by atoms with Crippen molar-refractivity contribution in [3.8, 4) is 0 Å². The summed E-state index contributed by atoms with van der Waals surface area (Å²) >= 11 is 0. The zero-order chi connectivity index (χ0) is 27.6. The van der Waals surface area contributed by atoms with Crippen LogP contribution in [0.25, 0.3) is 17.1 Å². The van der Waals surface area contributed by atoms with Crippen LogP contribution in [-0.4, -0.2) is 74.6 Å². The Morgan fingerprint density at radius 2 is 1.84 bits per heavy atom. The normalized spacial score (nSPS) is 29.1. The predicted molar refractivity (Wildman–Crippen MR) is 120 cm³/mol. The van der Waals surface area contributed by atoms with E-state index in [1.165, 1.54) is 29.8 Å². The van der Waals surface area contributed by atoms with Crippen molar-refractivity contribution in [3.63, 3.8) is 0 Å². The Kier molecular flexibility index (Phi) is 7.01. The molecular weight excluding hydrogens is 567 g/mol. The number of phosphoric ester groups is 1. The maximum absolute atomic E-state index is 12.0. The maximum atomic E-state index is 12.0. The molecule has 6 atom stereocenters. The predicted octanol–water partition coefficient (Wildman–Crippen LogP) is -0.669. The van der Waals surface area contributed by atoms with Crippen LogP contribution in [0.5, 0.6) is 0 Å². The van der Waals surface area contributed by atoms with Crippen molar-refractivity contribution < 1.29 is 66.2 Å². The summed E-state index contributed by atoms with van der Waals surface area (Å²) < 4.78 is 52.9. The van der Waals surface area contributed by atoms with Crippen molar-refractivity contribution in [2.45, 2.75) is 31.0 Å². The monoisotopic (exact) mass is 587 g/mol. The first-order valence-corrected chi connectivity index (χ1v) is 14.4. The van der Waals surface area contributed by atoms with Gasteiger partial charge in [-0.1, -0.05) is 0 Å². The van der Waals surface area contributed by atoms with E-state index in [-0.39, 0.29) is 17.4 Å². The van der Waals surface area contributed by atoms with Crippen LogP contribution in [0.15, 0.2) is 12.3 Å². The minimum Gasteiger partial charge on any atom is -0.387 e. The first-order chi connectivity index (χ1) is 16.9. The highest BCUT2D eigenvalue weighted by molar-refractivity contribution is 7.66. The van der Waals surface area contributed by atoms with E-state index in [1.54, 1.807) is 0 Å². The number of rotatable bonds is 8. The van der Waals surface area contributed by atoms with E-state index in [4.69, 9.17) is 20.3 Å². The molecule has 4 heterocycles. The summed E-state index contributed by atoms with van der Waals surface area (Å²) in [5.74, 6) is -0.639. The Bertz CT molecular complexity index is 1440. The molecule has 19 nitrogen and oxygen atoms in total. The number of nitrogens with zero attached hydrogens (tertiary/aromatic N) is 3. The van der Waals surface area contributed by atoms with Crippen LogP contribution in [0.1, 0.15) is 18.7 Å². The second kappa shape index (κ2) is 9.29. The number of amides is 1. The summed E-state index contributed by atoms with van der Waals surface area (Å²) in [6.07, 6.45) is -0.670. The Balaban J connectivity index is 1.58. The summed E-state index contributed by atoms with van der Waals surface area (Å²) in [4.78, 5) is 56.1. The van der Waals surface area contributed by atoms with E-state index in [1.807, 2.05) is 0 Å². The number of hydrogen-bond donors (Lipinski definition) is 8. The molecule has 0 saturated carbocycles. The summed E-state index contributed by atoms with van der Waals surface area (Å²) in [5, 5.41) is 24.5. The zero-order valence-corrected chi connectivity index (χ0v) is 21.1. The number of carbonyl (C=O) groups excluding carboxylic acids is 1. The van der Waals surface area contributed by atoms with Gasteiger partial charge in [-0.3, -0.25) is 9.32 Å². The van der Waals surface area contributed by atoms with Gasteiger partial charge < -0.3 is 50.1 Å². The number of nitrogens with two attached hydrogens (primary N) is 1. The molecule has 22 heteroatoms. The van der Waals surface area contributed by atoms with Gasteiger partial charge in [0.2, 0.25) is 11.9 Å². The number of carbonyl (C=O) groups is 1. The van der Waals surface area contributed by atoms with Crippen molar-refractivity contribution in [1.82, 2.24) is 14.5 Å². The van der Waals surface area contributed by atoms with Crippen molar-refractivity contribution >= 4 is 58.3 Å². The molecule has 1 amide bonds. The molecule has 2 unspecified atom stereocenters. The molecule has 204 valence electrons. The standard InChI is InChI=1S/C15H20N5O14P3/c1-15(23)10(22)7(5-31-36(27,28)34-37(29,30)33-35(24,25)26)32-13(15)20-4-6-2-3-8(21)17-11-9(6)12(20)19-14(16)18-11/h2-4,7,10,13,22-23H,5H2,1H3,(H,27,28)(H,29,30)(H2,24,25,26)(H3,16,17,18,19,21)/t7-,10-,13-,15-/m1/s1. The largest absolute Gasteiger partial charge is 0.490 e. The van der Waals surface area contributed by atoms with Gasteiger partial charge in [0, 0.05) is 17.8 Å². The lowest BCUT2D eigenvalue weighted by Gasteiger charge is -2.27. The van der Waals surface area contributed by atoms with E-state index in [0.29, 0.717) is 10.9 Å². The molecular formula is C15H20N5O14P3. The Hall–Kier alpha value is -2.08. The van der Waals surface area contributed by atoms with E-state index >= 15 is 0 Å². The Morgan fingerprint density at radius 1 is 1.16 bits per heavy atom. The molecule has 0 aromatic carbocycles. The molecule has 2 aromatic rings. The third-order valence-corrected chi connectivity index (χ3v) is 9.00. The fourth-order valence-corrected chi connectivity index (χ4v) is 6.79. The molecule has 0 spiro atoms. The topological polar surface area (TPSA) is 295 Å². The smallest absolute Gasteiger partial charge is 0.387 e. The van der Waals surface area contributed by atoms with Gasteiger partial charge in [-0.15, -0.1) is 0 Å². The SMILES string of the molecule is C[C@@]1(O)[C@H](O)[C@@H](COP(=O)(O)OP(=O)(O)OP(=O)(O)O)O[C@H]1n1cc2c3c(nc(N)nc31)NC(=O)C=C2. The van der Waals surface area contributed by atoms with E-state index < -0.39 is 60.0 Å². The molecule has 9 N–H and O–H groups in total. The second-order valence-corrected chi connectivity index (χ2v) is 12.4. The van der Waals surface area contributed by atoms with Crippen molar-refractivity contribution in [2.75, 3.05) is 17.7 Å². The number of hydrogen-bond acceptors (Lipinski definition) is 13. The number of phosphoric acid groups is 3. The first-order valence-electron chi connectivity index (χ1n) is 9.90. The maximum Gasteiger partial charge on any atom is 0.490 e. The van der Waals surface area contributed by atoms with Crippen LogP contribution in [0, 0.1) is 0 Å². The fraction of sp³-hybridized carbons (Fsp3) is 0.400. The fourth-order valence-electron chi connectivity index (χ4n) is 3.76. The average Bonchev–Trinajstić information content (AvgIpc) is 3.10. The molecule has 0 radical (unpaired) electrons. The van der Waals surface area contributed by atoms with Crippen LogP contribution in [0.4, 0.5) is 11.8 Å². The van der Waals surface area contributed by atoms with Crippen LogP contribution in [-0.2, 0) is 36.4 Å². The van der Waals surface area contributed by atoms with E-state index in [2.05, 4.69) is 28.4 Å². The quantitative estimate of drug-likeness (QED) is 0.178. The number of aromatic nitrogens is 3. The summed E-state index contributed by atoms with van der Waals surface area (Å²) in [6, 6.07) is 0. The van der Waals surface area contributed by atoms with Gasteiger partial charge in [0.25, 0.3) is 0 Å². The number of aliphatic hydroxyl groups is 2. The van der Waals surface area contributed by atoms with Gasteiger partial charge in [0.05, 0.1) is 12.0 Å². The molecule has 37 heavy (non-hydrogen) atoms. The lowest BCUT2D eigenvalue weighted by Crippen LogP contribution is -2.44. The van der Waals surface area contributed by atoms with E-state index in [9.17, 15) is 38.5 Å². The van der Waals surface area contributed by atoms with Gasteiger partial charge in [0.15, 0.2) is 11.9 Å². The van der Waals surface area contributed by atoms with Gasteiger partial charge in [-0.05, 0) is 13.0 Å². The van der Waals surface area contributed by atoms with Gasteiger partial charge in [0.1, 0.15) is 23.6 Å². The van der Waals surface area contributed by atoms with E-state index in [0.717, 1.165) is 0 Å². The lowest BCUT2D eigenvalue weighted by molar-refractivity contribution is -0.111. The third kappa shape index (κ3) is 5.84. The number of ether oxygens (including phenoxy) is 1. The molecule has 1 saturated heterocycles. The number of anilines is 2. The van der Waals surface area contributed by atoms with Crippen LogP contribution in [0.2, 0.25) is 0 Å². The minimum absolute atomic E-state index is 0.0775. The zero-order valence-electron chi connectivity index (χ0n) is 18.4. The minimum atomic E-state index is -5.76. The van der Waals surface area contributed by atoms with Crippen molar-refractivity contribution in [1.29, 1.82) is 0 Å². The number of nitrogens with one attached hydrogen (secondary N) is 1. The molecule has 4 rings (SSSR count). The van der Waals surface area contributed by atoms with Crippen LogP contribution < -0.4 is 11.1 Å². The lowest BCUT2D eigenvalue weighted by atomic mass is 9.96. The molecule has 2 aliphatic rings. The van der Waals surface area contributed by atoms with Crippen LogP contribution >= 0.6 is 23.5 Å². The average molecular weight is 587 g/mol. The van der Waals surface area contributed by atoms with Crippen LogP contribution in [0.3, 0.4) is 0 Å². The Labute approximate surface area is 205 Å². The van der Waals surface area contributed by atoms with Crippen molar-refractivity contribution in [3.05, 3.63) is 17.8 Å². The summed E-state index contributed by atoms with van der Waals surface area (Å²) in [7, 11) is -16.9. The first kappa shape index (κ1) is 27.9. The number of nitrogen functional groups attached to an aromatic ring is 1. The number of aliphatic hydroxyl groups excluding tert-OH is 1.